The van der Waals surface area contributed by atoms with Crippen LogP contribution in [-0.4, -0.2) is 21.9 Å². The van der Waals surface area contributed by atoms with E-state index in [0.29, 0.717) is 10.7 Å². The Morgan fingerprint density at radius 3 is 2.50 bits per heavy atom. The topological polar surface area (TPSA) is 61.4 Å². The molecule has 0 aliphatic rings. The van der Waals surface area contributed by atoms with E-state index >= 15 is 0 Å². The number of rotatable bonds is 4. The number of halogens is 1. The molecule has 4 nitrogen and oxygen atoms in total. The second-order valence-corrected chi connectivity index (χ2v) is 7.09. The summed E-state index contributed by atoms with van der Waals surface area (Å²) in [7, 11) is 0. The van der Waals surface area contributed by atoms with E-state index in [0.717, 1.165) is 16.0 Å². The fourth-order valence-electron chi connectivity index (χ4n) is 1.90. The first-order chi connectivity index (χ1) is 11.3. The number of nitrogens with one attached hydrogen (secondary N) is 2. The number of benzene rings is 2. The maximum Gasteiger partial charge on any atom is 0.236 e. The largest absolute Gasteiger partial charge is 0.506 e. The first-order valence-electron chi connectivity index (χ1n) is 7.14. The summed E-state index contributed by atoms with van der Waals surface area (Å²) in [5.41, 5.74) is 2.46. The van der Waals surface area contributed by atoms with E-state index in [2.05, 4.69) is 10.6 Å². The highest BCUT2D eigenvalue weighted by Crippen LogP contribution is 2.26. The van der Waals surface area contributed by atoms with E-state index in [1.165, 1.54) is 11.8 Å². The van der Waals surface area contributed by atoms with Gasteiger partial charge in [0.25, 0.3) is 0 Å². The molecule has 1 amide bonds. The Balaban J connectivity index is 1.86. The summed E-state index contributed by atoms with van der Waals surface area (Å²) in [6, 6.07) is 10.7. The summed E-state index contributed by atoms with van der Waals surface area (Å²) in [5, 5.41) is 16.2. The van der Waals surface area contributed by atoms with Gasteiger partial charge in [0, 0.05) is 9.92 Å². The zero-order chi connectivity index (χ0) is 17.7. The van der Waals surface area contributed by atoms with Crippen molar-refractivity contribution < 1.29 is 9.90 Å². The second kappa shape index (κ2) is 8.37. The number of aromatic hydroxyl groups is 1. The molecular weight excluding hydrogens is 364 g/mol. The molecule has 0 spiro atoms. The zero-order valence-corrected chi connectivity index (χ0v) is 15.6. The standard InChI is InChI=1S/C17H17ClN2O2S2/c1-10-7-14(15(21)8-11(10)2)19-17(23)20-16(22)9-24-13-5-3-12(18)4-6-13/h3-8,21H,9H2,1-2H3,(H2,19,20,22,23). The molecule has 0 radical (unpaired) electrons. The summed E-state index contributed by atoms with van der Waals surface area (Å²) in [4.78, 5) is 12.9. The lowest BCUT2D eigenvalue weighted by Crippen LogP contribution is -2.35. The highest BCUT2D eigenvalue weighted by molar-refractivity contribution is 8.00. The van der Waals surface area contributed by atoms with Gasteiger partial charge in [-0.05, 0) is 73.6 Å². The molecule has 0 aliphatic heterocycles. The van der Waals surface area contributed by atoms with Crippen LogP contribution in [0, 0.1) is 13.8 Å². The fraction of sp³-hybridized carbons (Fsp3) is 0.176. The first-order valence-corrected chi connectivity index (χ1v) is 8.92. The van der Waals surface area contributed by atoms with Gasteiger partial charge in [-0.1, -0.05) is 11.6 Å². The number of anilines is 1. The number of hydrogen-bond acceptors (Lipinski definition) is 4. The van der Waals surface area contributed by atoms with Crippen LogP contribution in [0.3, 0.4) is 0 Å². The van der Waals surface area contributed by atoms with Crippen LogP contribution < -0.4 is 10.6 Å². The smallest absolute Gasteiger partial charge is 0.236 e. The van der Waals surface area contributed by atoms with E-state index in [4.69, 9.17) is 23.8 Å². The number of thioether (sulfide) groups is 1. The van der Waals surface area contributed by atoms with E-state index in [9.17, 15) is 9.90 Å². The number of carbonyl (C=O) groups is 1. The molecule has 0 fully saturated rings. The molecule has 7 heteroatoms. The normalized spacial score (nSPS) is 10.3. The molecule has 0 aliphatic carbocycles. The van der Waals surface area contributed by atoms with Crippen molar-refractivity contribution in [1.29, 1.82) is 0 Å². The van der Waals surface area contributed by atoms with Crippen LogP contribution in [0.15, 0.2) is 41.3 Å². The van der Waals surface area contributed by atoms with Crippen molar-refractivity contribution in [2.75, 3.05) is 11.1 Å². The molecule has 0 saturated carbocycles. The quantitative estimate of drug-likeness (QED) is 0.420. The van der Waals surface area contributed by atoms with Crippen LogP contribution in [-0.2, 0) is 4.79 Å². The van der Waals surface area contributed by atoms with Gasteiger partial charge in [-0.25, -0.2) is 0 Å². The molecule has 2 aromatic rings. The minimum Gasteiger partial charge on any atom is -0.506 e. The Bertz CT molecular complexity index is 764. The highest BCUT2D eigenvalue weighted by Gasteiger charge is 2.09. The number of phenolic OH excluding ortho intramolecular Hbond substituents is 1. The van der Waals surface area contributed by atoms with E-state index in [1.54, 1.807) is 24.3 Å². The first kappa shape index (κ1) is 18.6. The molecule has 0 aromatic heterocycles. The van der Waals surface area contributed by atoms with Crippen molar-refractivity contribution in [3.05, 3.63) is 52.5 Å². The van der Waals surface area contributed by atoms with Gasteiger partial charge in [0.15, 0.2) is 5.11 Å². The molecule has 126 valence electrons. The molecule has 2 aromatic carbocycles. The van der Waals surface area contributed by atoms with Crippen molar-refractivity contribution in [2.24, 2.45) is 0 Å². The van der Waals surface area contributed by atoms with E-state index < -0.39 is 0 Å². The molecule has 0 atom stereocenters. The summed E-state index contributed by atoms with van der Waals surface area (Å²) in [6.45, 7) is 3.84. The average molecular weight is 381 g/mol. The van der Waals surface area contributed by atoms with Crippen LogP contribution in [0.4, 0.5) is 5.69 Å². The Kier molecular flexibility index (Phi) is 6.48. The van der Waals surface area contributed by atoms with Gasteiger partial charge in [0.05, 0.1) is 11.4 Å². The Labute approximate surface area is 155 Å². The Morgan fingerprint density at radius 1 is 1.21 bits per heavy atom. The lowest BCUT2D eigenvalue weighted by Gasteiger charge is -2.12. The summed E-state index contributed by atoms with van der Waals surface area (Å²) < 4.78 is 0. The number of aryl methyl sites for hydroxylation is 2. The van der Waals surface area contributed by atoms with Gasteiger partial charge in [-0.2, -0.15) is 0 Å². The van der Waals surface area contributed by atoms with Gasteiger partial charge < -0.3 is 15.7 Å². The molecule has 0 saturated heterocycles. The third kappa shape index (κ3) is 5.40. The second-order valence-electron chi connectivity index (χ2n) is 5.20. The Hall–Kier alpha value is -1.76. The van der Waals surface area contributed by atoms with Crippen molar-refractivity contribution in [3.63, 3.8) is 0 Å². The third-order valence-electron chi connectivity index (χ3n) is 3.30. The van der Waals surface area contributed by atoms with Gasteiger partial charge >= 0.3 is 0 Å². The van der Waals surface area contributed by atoms with E-state index in [-0.39, 0.29) is 22.5 Å². The van der Waals surface area contributed by atoms with Gasteiger partial charge in [0.1, 0.15) is 5.75 Å². The average Bonchev–Trinajstić information content (AvgIpc) is 2.52. The molecule has 24 heavy (non-hydrogen) atoms. The van der Waals surface area contributed by atoms with Crippen LogP contribution in [0.5, 0.6) is 5.75 Å². The fourth-order valence-corrected chi connectivity index (χ4v) is 2.95. The predicted octanol–water partition coefficient (Wildman–Crippen LogP) is 4.27. The predicted molar refractivity (Wildman–Crippen MR) is 104 cm³/mol. The van der Waals surface area contributed by atoms with Crippen molar-refractivity contribution in [2.45, 2.75) is 18.7 Å². The van der Waals surface area contributed by atoms with Gasteiger partial charge in [-0.3, -0.25) is 4.79 Å². The summed E-state index contributed by atoms with van der Waals surface area (Å²) in [5.74, 6) is 0.0866. The summed E-state index contributed by atoms with van der Waals surface area (Å²) in [6.07, 6.45) is 0. The van der Waals surface area contributed by atoms with Gasteiger partial charge in [-0.15, -0.1) is 11.8 Å². The maximum atomic E-state index is 11.9. The van der Waals surface area contributed by atoms with Crippen molar-refractivity contribution in [3.8, 4) is 5.75 Å². The minimum absolute atomic E-state index is 0.0882. The summed E-state index contributed by atoms with van der Waals surface area (Å²) >= 11 is 12.3. The van der Waals surface area contributed by atoms with Crippen LogP contribution in [0.25, 0.3) is 0 Å². The van der Waals surface area contributed by atoms with Crippen LogP contribution in [0.1, 0.15) is 11.1 Å². The molecule has 3 N–H and O–H groups in total. The molecular formula is C17H17ClN2O2S2. The highest BCUT2D eigenvalue weighted by atomic mass is 35.5. The number of phenols is 1. The molecule has 0 unspecified atom stereocenters. The SMILES string of the molecule is Cc1cc(O)c(NC(=S)NC(=O)CSc2ccc(Cl)cc2)cc1C. The number of carbonyl (C=O) groups excluding carboxylic acids is 1. The van der Waals surface area contributed by atoms with Crippen LogP contribution in [0.2, 0.25) is 5.02 Å². The monoisotopic (exact) mass is 380 g/mol. The number of thiocarbonyl (C=S) groups is 1. The zero-order valence-electron chi connectivity index (χ0n) is 13.2. The lowest BCUT2D eigenvalue weighted by atomic mass is 10.1. The van der Waals surface area contributed by atoms with Gasteiger partial charge in [0.2, 0.25) is 5.91 Å². The minimum atomic E-state index is -0.226. The van der Waals surface area contributed by atoms with Crippen molar-refractivity contribution in [1.82, 2.24) is 5.32 Å². The maximum absolute atomic E-state index is 11.9. The lowest BCUT2D eigenvalue weighted by molar-refractivity contribution is -0.117. The molecule has 0 bridgehead atoms. The third-order valence-corrected chi connectivity index (χ3v) is 4.76. The molecule has 2 rings (SSSR count). The number of amides is 1. The van der Waals surface area contributed by atoms with E-state index in [1.807, 2.05) is 26.0 Å². The number of hydrogen-bond donors (Lipinski definition) is 3. The van der Waals surface area contributed by atoms with Crippen LogP contribution >= 0.6 is 35.6 Å². The Morgan fingerprint density at radius 2 is 1.83 bits per heavy atom. The molecule has 0 heterocycles. The van der Waals surface area contributed by atoms with Crippen molar-refractivity contribution >= 4 is 52.3 Å².